The lowest BCUT2D eigenvalue weighted by atomic mass is 10.1. The maximum Gasteiger partial charge on any atom is 0.130 e. The van der Waals surface area contributed by atoms with E-state index in [4.69, 9.17) is 9.73 Å². The summed E-state index contributed by atoms with van der Waals surface area (Å²) in [5.74, 6) is 1.72. The monoisotopic (exact) mass is 461 g/mol. The fraction of sp³-hybridized carbons (Fsp3) is 0.346. The van der Waals surface area contributed by atoms with Gasteiger partial charge in [0.1, 0.15) is 22.7 Å². The molecule has 172 valence electrons. The van der Waals surface area contributed by atoms with Crippen molar-refractivity contribution >= 4 is 35.1 Å². The lowest BCUT2D eigenvalue weighted by Crippen LogP contribution is -2.35. The fourth-order valence-corrected chi connectivity index (χ4v) is 4.42. The second-order valence-electron chi connectivity index (χ2n) is 8.08. The Morgan fingerprint density at radius 2 is 2.03 bits per heavy atom. The molecule has 0 radical (unpaired) electrons. The Bertz CT molecular complexity index is 1170. The van der Waals surface area contributed by atoms with Gasteiger partial charge in [-0.3, -0.25) is 4.98 Å². The molecule has 0 amide bonds. The third-order valence-electron chi connectivity index (χ3n) is 5.48. The molecule has 1 aliphatic heterocycles. The predicted molar refractivity (Wildman–Crippen MR) is 138 cm³/mol. The predicted octanol–water partition coefficient (Wildman–Crippen LogP) is 4.19. The van der Waals surface area contributed by atoms with Crippen LogP contribution in [-0.4, -0.2) is 35.0 Å². The minimum Gasteiger partial charge on any atom is -0.490 e. The van der Waals surface area contributed by atoms with Crippen molar-refractivity contribution in [2.75, 3.05) is 18.4 Å². The van der Waals surface area contributed by atoms with Crippen molar-refractivity contribution in [1.82, 2.24) is 15.3 Å². The number of aromatic nitrogens is 2. The Kier molecular flexibility index (Phi) is 8.22. The van der Waals surface area contributed by atoms with Gasteiger partial charge in [-0.15, -0.1) is 11.3 Å². The zero-order valence-electron chi connectivity index (χ0n) is 19.3. The van der Waals surface area contributed by atoms with Gasteiger partial charge in [0.2, 0.25) is 0 Å². The lowest BCUT2D eigenvalue weighted by Gasteiger charge is -2.25. The van der Waals surface area contributed by atoms with Gasteiger partial charge in [-0.1, -0.05) is 19.4 Å². The average Bonchev–Trinajstić information content (AvgIpc) is 3.38. The molecule has 6 nitrogen and oxygen atoms in total. The second-order valence-corrected chi connectivity index (χ2v) is 8.97. The summed E-state index contributed by atoms with van der Waals surface area (Å²) < 4.78 is 6.53. The number of rotatable bonds is 7. The molecule has 0 atom stereocenters. The first kappa shape index (κ1) is 23.1. The van der Waals surface area contributed by atoms with E-state index < -0.39 is 0 Å². The number of hydrogen-bond acceptors (Lipinski definition) is 6. The number of pyridine rings is 1. The third kappa shape index (κ3) is 6.49. The van der Waals surface area contributed by atoms with Crippen LogP contribution >= 0.6 is 11.3 Å². The van der Waals surface area contributed by atoms with E-state index in [1.165, 1.54) is 0 Å². The highest BCUT2D eigenvalue weighted by Gasteiger charge is 2.18. The second kappa shape index (κ2) is 11.7. The summed E-state index contributed by atoms with van der Waals surface area (Å²) in [6.45, 7) is 6.15. The zero-order valence-corrected chi connectivity index (χ0v) is 20.1. The Hall–Kier alpha value is -3.03. The smallest absolute Gasteiger partial charge is 0.130 e. The molecular formula is C26H31N5OS. The highest BCUT2D eigenvalue weighted by Crippen LogP contribution is 2.31. The molecule has 0 aliphatic carbocycles. The molecule has 2 N–H and O–H groups in total. The molecule has 7 heteroatoms. The third-order valence-corrected chi connectivity index (χ3v) is 6.29. The van der Waals surface area contributed by atoms with Crippen LogP contribution in [0.15, 0.2) is 53.2 Å². The normalized spacial score (nSPS) is 16.2. The van der Waals surface area contributed by atoms with Crippen LogP contribution in [0.4, 0.5) is 5.69 Å². The minimum atomic E-state index is 0.226. The van der Waals surface area contributed by atoms with Crippen LogP contribution in [0, 0.1) is 0 Å². The standard InChI is InChI=1S/C26H31N5OS/c1-3-4-5-20-17-25(32-23-8-12-28-13-9-23)24(26-29-14-15-33-26)16-21(20)18-30-19(2)31-22-6-10-27-11-7-22/h5-7,10-11,14-18,23,28H,3-4,8-9,12-13H2,1-2H3,(H,27,30,31)/b20-5+,21-18-. The van der Waals surface area contributed by atoms with Crippen molar-refractivity contribution in [2.45, 2.75) is 45.6 Å². The number of amidine groups is 1. The van der Waals surface area contributed by atoms with Crippen molar-refractivity contribution in [3.05, 3.63) is 58.7 Å². The number of nitrogens with one attached hydrogen (secondary N) is 2. The van der Waals surface area contributed by atoms with Crippen molar-refractivity contribution in [2.24, 2.45) is 4.99 Å². The van der Waals surface area contributed by atoms with E-state index in [1.807, 2.05) is 36.8 Å². The van der Waals surface area contributed by atoms with Crippen molar-refractivity contribution in [3.63, 3.8) is 0 Å². The minimum absolute atomic E-state index is 0.226. The number of piperidine rings is 1. The van der Waals surface area contributed by atoms with E-state index in [-0.39, 0.29) is 6.10 Å². The van der Waals surface area contributed by atoms with E-state index >= 15 is 0 Å². The van der Waals surface area contributed by atoms with Gasteiger partial charge in [-0.25, -0.2) is 9.98 Å². The number of nitrogens with zero attached hydrogens (tertiary/aromatic N) is 3. The Morgan fingerprint density at radius 3 is 2.76 bits per heavy atom. The summed E-state index contributed by atoms with van der Waals surface area (Å²) in [4.78, 5) is 13.3. The first-order valence-corrected chi connectivity index (χ1v) is 12.4. The van der Waals surface area contributed by atoms with E-state index in [0.29, 0.717) is 0 Å². The molecular weight excluding hydrogens is 430 g/mol. The number of thiazole rings is 1. The largest absolute Gasteiger partial charge is 0.490 e. The molecule has 1 saturated heterocycles. The van der Waals surface area contributed by atoms with E-state index in [2.05, 4.69) is 45.7 Å². The fourth-order valence-electron chi connectivity index (χ4n) is 3.76. The number of anilines is 1. The molecule has 0 unspecified atom stereocenters. The van der Waals surface area contributed by atoms with Crippen LogP contribution in [0.2, 0.25) is 0 Å². The summed E-state index contributed by atoms with van der Waals surface area (Å²) in [6.07, 6.45) is 13.9. The van der Waals surface area contributed by atoms with E-state index in [0.717, 1.165) is 77.1 Å². The molecule has 0 bridgehead atoms. The first-order chi connectivity index (χ1) is 16.2. The maximum absolute atomic E-state index is 6.53. The highest BCUT2D eigenvalue weighted by molar-refractivity contribution is 7.13. The Labute approximate surface area is 199 Å². The number of benzene rings is 1. The van der Waals surface area contributed by atoms with Gasteiger partial charge >= 0.3 is 0 Å². The van der Waals surface area contributed by atoms with Crippen molar-refractivity contribution < 1.29 is 4.74 Å². The SMILES string of the molecule is CCC/C=c1\cc(OC2CCNCC2)c(-c2nccs2)c\c1=C\N=C(C)Nc1ccncc1. The van der Waals surface area contributed by atoms with Gasteiger partial charge in [0.15, 0.2) is 0 Å². The number of aliphatic imine (C=N–C) groups is 1. The average molecular weight is 462 g/mol. The van der Waals surface area contributed by atoms with E-state index in [1.54, 1.807) is 23.7 Å². The molecule has 0 saturated carbocycles. The Morgan fingerprint density at radius 1 is 1.21 bits per heavy atom. The zero-order chi connectivity index (χ0) is 22.9. The molecule has 1 aliphatic rings. The molecule has 3 heterocycles. The number of hydrogen-bond donors (Lipinski definition) is 2. The quantitative estimate of drug-likeness (QED) is 0.408. The summed E-state index contributed by atoms with van der Waals surface area (Å²) in [7, 11) is 0. The number of unbranched alkanes of at least 4 members (excludes halogenated alkanes) is 1. The van der Waals surface area contributed by atoms with Crippen LogP contribution in [0.3, 0.4) is 0 Å². The molecule has 4 rings (SSSR count). The highest BCUT2D eigenvalue weighted by atomic mass is 32.1. The van der Waals surface area contributed by atoms with Crippen LogP contribution in [0.25, 0.3) is 22.8 Å². The number of ether oxygens (including phenoxy) is 1. The summed E-state index contributed by atoms with van der Waals surface area (Å²) in [5.41, 5.74) is 1.99. The molecule has 1 fully saturated rings. The molecule has 0 spiro atoms. The molecule has 1 aromatic carbocycles. The van der Waals surface area contributed by atoms with Gasteiger partial charge in [-0.2, -0.15) is 0 Å². The van der Waals surface area contributed by atoms with Gasteiger partial charge in [0.05, 0.1) is 5.56 Å². The van der Waals surface area contributed by atoms with Gasteiger partial charge in [-0.05, 0) is 68.8 Å². The van der Waals surface area contributed by atoms with Gasteiger partial charge < -0.3 is 15.4 Å². The topological polar surface area (TPSA) is 71.4 Å². The van der Waals surface area contributed by atoms with Gasteiger partial charge in [0, 0.05) is 41.1 Å². The Balaban J connectivity index is 1.74. The van der Waals surface area contributed by atoms with Crippen LogP contribution in [-0.2, 0) is 0 Å². The van der Waals surface area contributed by atoms with Crippen LogP contribution < -0.4 is 25.8 Å². The lowest BCUT2D eigenvalue weighted by molar-refractivity contribution is 0.163. The summed E-state index contributed by atoms with van der Waals surface area (Å²) in [5, 5.41) is 11.9. The molecule has 3 aromatic rings. The van der Waals surface area contributed by atoms with Crippen molar-refractivity contribution in [3.8, 4) is 16.3 Å². The first-order valence-electron chi connectivity index (χ1n) is 11.6. The van der Waals surface area contributed by atoms with Crippen molar-refractivity contribution in [1.29, 1.82) is 0 Å². The summed E-state index contributed by atoms with van der Waals surface area (Å²) >= 11 is 1.63. The van der Waals surface area contributed by atoms with Crippen LogP contribution in [0.1, 0.15) is 39.5 Å². The molecule has 2 aromatic heterocycles. The van der Waals surface area contributed by atoms with E-state index in [9.17, 15) is 0 Å². The maximum atomic E-state index is 6.53. The van der Waals surface area contributed by atoms with Crippen LogP contribution in [0.5, 0.6) is 5.75 Å². The summed E-state index contributed by atoms with van der Waals surface area (Å²) in [6, 6.07) is 8.18. The molecule has 33 heavy (non-hydrogen) atoms. The van der Waals surface area contributed by atoms with Gasteiger partial charge in [0.25, 0.3) is 0 Å².